The second-order valence-electron chi connectivity index (χ2n) is 4.91. The molecule has 1 heterocycles. The highest BCUT2D eigenvalue weighted by Gasteiger charge is 2.08. The summed E-state index contributed by atoms with van der Waals surface area (Å²) < 4.78 is 5.91. The van der Waals surface area contributed by atoms with Gasteiger partial charge in [-0.05, 0) is 30.7 Å². The maximum Gasteiger partial charge on any atom is 0.219 e. The SMILES string of the molecule is CC(N)c1ccnc(Oc2ccc(Cl)c3ccccc23)c1. The monoisotopic (exact) mass is 298 g/mol. The van der Waals surface area contributed by atoms with Crippen molar-refractivity contribution in [3.63, 3.8) is 0 Å². The molecular weight excluding hydrogens is 284 g/mol. The molecule has 0 amide bonds. The van der Waals surface area contributed by atoms with Crippen molar-refractivity contribution in [2.75, 3.05) is 0 Å². The number of hydrogen-bond donors (Lipinski definition) is 1. The van der Waals surface area contributed by atoms with Gasteiger partial charge in [0.1, 0.15) is 5.75 Å². The van der Waals surface area contributed by atoms with Crippen LogP contribution in [0.4, 0.5) is 0 Å². The topological polar surface area (TPSA) is 48.1 Å². The van der Waals surface area contributed by atoms with E-state index >= 15 is 0 Å². The van der Waals surface area contributed by atoms with Crippen LogP contribution >= 0.6 is 11.6 Å². The summed E-state index contributed by atoms with van der Waals surface area (Å²) in [6, 6.07) is 15.2. The normalized spacial score (nSPS) is 12.3. The maximum atomic E-state index is 6.21. The lowest BCUT2D eigenvalue weighted by Crippen LogP contribution is -2.05. The summed E-state index contributed by atoms with van der Waals surface area (Å²) in [6.45, 7) is 1.93. The second kappa shape index (κ2) is 5.72. The molecule has 3 aromatic rings. The molecule has 1 aromatic heterocycles. The van der Waals surface area contributed by atoms with E-state index in [1.165, 1.54) is 0 Å². The van der Waals surface area contributed by atoms with Crippen molar-refractivity contribution in [1.29, 1.82) is 0 Å². The Morgan fingerprint density at radius 2 is 1.86 bits per heavy atom. The Bertz CT molecular complexity index is 787. The molecule has 0 saturated heterocycles. The van der Waals surface area contributed by atoms with E-state index in [2.05, 4.69) is 4.98 Å². The molecule has 0 aliphatic carbocycles. The fraction of sp³-hybridized carbons (Fsp3) is 0.118. The number of nitrogens with zero attached hydrogens (tertiary/aromatic N) is 1. The van der Waals surface area contributed by atoms with Crippen LogP contribution in [0.1, 0.15) is 18.5 Å². The summed E-state index contributed by atoms with van der Waals surface area (Å²) in [5.74, 6) is 1.25. The van der Waals surface area contributed by atoms with Crippen LogP contribution in [0.25, 0.3) is 10.8 Å². The van der Waals surface area contributed by atoms with Crippen molar-refractivity contribution < 1.29 is 4.74 Å². The van der Waals surface area contributed by atoms with Crippen LogP contribution in [0.2, 0.25) is 5.02 Å². The lowest BCUT2D eigenvalue weighted by Gasteiger charge is -2.11. The number of fused-ring (bicyclic) bond motifs is 1. The lowest BCUT2D eigenvalue weighted by atomic mass is 10.1. The Morgan fingerprint density at radius 3 is 2.62 bits per heavy atom. The first-order chi connectivity index (χ1) is 10.1. The number of ether oxygens (including phenoxy) is 1. The van der Waals surface area contributed by atoms with Crippen molar-refractivity contribution >= 4 is 22.4 Å². The van der Waals surface area contributed by atoms with Gasteiger partial charge in [0.15, 0.2) is 0 Å². The molecule has 0 saturated carbocycles. The number of halogens is 1. The predicted molar refractivity (Wildman–Crippen MR) is 85.9 cm³/mol. The summed E-state index contributed by atoms with van der Waals surface area (Å²) in [5, 5.41) is 2.62. The first-order valence-electron chi connectivity index (χ1n) is 6.72. The summed E-state index contributed by atoms with van der Waals surface area (Å²) in [5.41, 5.74) is 6.87. The third-order valence-electron chi connectivity index (χ3n) is 3.33. The van der Waals surface area contributed by atoms with Crippen LogP contribution < -0.4 is 10.5 Å². The molecule has 0 aliphatic rings. The summed E-state index contributed by atoms with van der Waals surface area (Å²) in [6.07, 6.45) is 1.70. The maximum absolute atomic E-state index is 6.21. The largest absolute Gasteiger partial charge is 0.438 e. The zero-order chi connectivity index (χ0) is 14.8. The average molecular weight is 299 g/mol. The van der Waals surface area contributed by atoms with Crippen molar-refractivity contribution in [2.24, 2.45) is 5.73 Å². The van der Waals surface area contributed by atoms with Gasteiger partial charge in [-0.2, -0.15) is 0 Å². The molecule has 3 rings (SSSR count). The van der Waals surface area contributed by atoms with Gasteiger partial charge in [-0.15, -0.1) is 0 Å². The molecule has 0 aliphatic heterocycles. The Labute approximate surface area is 128 Å². The molecule has 21 heavy (non-hydrogen) atoms. The van der Waals surface area contributed by atoms with Gasteiger partial charge in [0, 0.05) is 34.1 Å². The van der Waals surface area contributed by atoms with E-state index in [0.29, 0.717) is 10.9 Å². The van der Waals surface area contributed by atoms with Gasteiger partial charge in [0.25, 0.3) is 0 Å². The van der Waals surface area contributed by atoms with Crippen LogP contribution in [-0.4, -0.2) is 4.98 Å². The molecule has 106 valence electrons. The van der Waals surface area contributed by atoms with E-state index in [1.807, 2.05) is 55.5 Å². The molecule has 1 unspecified atom stereocenters. The number of benzene rings is 2. The zero-order valence-electron chi connectivity index (χ0n) is 11.6. The number of pyridine rings is 1. The molecule has 3 nitrogen and oxygen atoms in total. The average Bonchev–Trinajstić information content (AvgIpc) is 2.51. The molecule has 0 fully saturated rings. The fourth-order valence-electron chi connectivity index (χ4n) is 2.20. The van der Waals surface area contributed by atoms with E-state index in [1.54, 1.807) is 6.20 Å². The molecule has 0 spiro atoms. The van der Waals surface area contributed by atoms with E-state index in [-0.39, 0.29) is 6.04 Å². The molecule has 1 atom stereocenters. The highest BCUT2D eigenvalue weighted by molar-refractivity contribution is 6.35. The van der Waals surface area contributed by atoms with Crippen molar-refractivity contribution in [1.82, 2.24) is 4.98 Å². The number of hydrogen-bond acceptors (Lipinski definition) is 3. The first-order valence-corrected chi connectivity index (χ1v) is 7.09. The number of nitrogens with two attached hydrogens (primary N) is 1. The van der Waals surface area contributed by atoms with Gasteiger partial charge in [0.05, 0.1) is 0 Å². The van der Waals surface area contributed by atoms with Gasteiger partial charge in [-0.25, -0.2) is 4.98 Å². The standard InChI is InChI=1S/C17H15ClN2O/c1-11(19)12-8-9-20-17(10-12)21-16-7-6-15(18)13-4-2-3-5-14(13)16/h2-11H,19H2,1H3. The first kappa shape index (κ1) is 13.9. The van der Waals surface area contributed by atoms with Crippen LogP contribution in [0.5, 0.6) is 11.6 Å². The van der Waals surface area contributed by atoms with E-state index < -0.39 is 0 Å². The van der Waals surface area contributed by atoms with Crippen LogP contribution in [0, 0.1) is 0 Å². The third kappa shape index (κ3) is 2.84. The number of aromatic nitrogens is 1. The molecule has 4 heteroatoms. The minimum atomic E-state index is -0.0580. The van der Waals surface area contributed by atoms with Gasteiger partial charge < -0.3 is 10.5 Å². The highest BCUT2D eigenvalue weighted by Crippen LogP contribution is 2.33. The van der Waals surface area contributed by atoms with Crippen LogP contribution in [0.3, 0.4) is 0 Å². The van der Waals surface area contributed by atoms with E-state index in [0.717, 1.165) is 22.1 Å². The highest BCUT2D eigenvalue weighted by atomic mass is 35.5. The Hall–Kier alpha value is -2.10. The minimum Gasteiger partial charge on any atom is -0.438 e. The Balaban J connectivity index is 2.02. The van der Waals surface area contributed by atoms with Gasteiger partial charge >= 0.3 is 0 Å². The van der Waals surface area contributed by atoms with Crippen molar-refractivity contribution in [2.45, 2.75) is 13.0 Å². The smallest absolute Gasteiger partial charge is 0.219 e. The zero-order valence-corrected chi connectivity index (χ0v) is 12.3. The third-order valence-corrected chi connectivity index (χ3v) is 3.66. The molecule has 0 bridgehead atoms. The van der Waals surface area contributed by atoms with Crippen molar-refractivity contribution in [3.05, 3.63) is 65.3 Å². The predicted octanol–water partition coefficient (Wildman–Crippen LogP) is 4.70. The second-order valence-corrected chi connectivity index (χ2v) is 5.32. The van der Waals surface area contributed by atoms with E-state index in [9.17, 15) is 0 Å². The Morgan fingerprint density at radius 1 is 1.10 bits per heavy atom. The van der Waals surface area contributed by atoms with E-state index in [4.69, 9.17) is 22.1 Å². The number of rotatable bonds is 3. The molecule has 2 aromatic carbocycles. The van der Waals surface area contributed by atoms with Crippen molar-refractivity contribution in [3.8, 4) is 11.6 Å². The van der Waals surface area contributed by atoms with Gasteiger partial charge in [0.2, 0.25) is 5.88 Å². The van der Waals surface area contributed by atoms with Crippen LogP contribution in [0.15, 0.2) is 54.7 Å². The molecule has 0 radical (unpaired) electrons. The quantitative estimate of drug-likeness (QED) is 0.762. The summed E-state index contributed by atoms with van der Waals surface area (Å²) in [4.78, 5) is 4.24. The van der Waals surface area contributed by atoms with Crippen LogP contribution in [-0.2, 0) is 0 Å². The van der Waals surface area contributed by atoms with Gasteiger partial charge in [-0.3, -0.25) is 0 Å². The minimum absolute atomic E-state index is 0.0580. The van der Waals surface area contributed by atoms with Gasteiger partial charge in [-0.1, -0.05) is 35.9 Å². The fourth-order valence-corrected chi connectivity index (χ4v) is 2.43. The summed E-state index contributed by atoms with van der Waals surface area (Å²) in [7, 11) is 0. The lowest BCUT2D eigenvalue weighted by molar-refractivity contribution is 0.467. The Kier molecular flexibility index (Phi) is 3.78. The molecular formula is C17H15ClN2O. The molecule has 2 N–H and O–H groups in total. The summed E-state index contributed by atoms with van der Waals surface area (Å²) >= 11 is 6.21.